The Morgan fingerprint density at radius 2 is 2.04 bits per heavy atom. The van der Waals surface area contributed by atoms with E-state index in [1.54, 1.807) is 6.07 Å². The molecule has 3 heterocycles. The molecule has 2 aliphatic rings. The quantitative estimate of drug-likeness (QED) is 0.846. The molecule has 1 aromatic carbocycles. The van der Waals surface area contributed by atoms with Crippen LogP contribution in [0.3, 0.4) is 0 Å². The number of carbonyl (C=O) groups excluding carboxylic acids is 1. The van der Waals surface area contributed by atoms with Crippen molar-refractivity contribution in [1.82, 2.24) is 19.6 Å². The molecule has 7 nitrogen and oxygen atoms in total. The van der Waals surface area contributed by atoms with Crippen LogP contribution in [-0.2, 0) is 13.6 Å². The zero-order valence-corrected chi connectivity index (χ0v) is 14.4. The maximum atomic E-state index is 12.8. The van der Waals surface area contributed by atoms with Crippen LogP contribution in [0, 0.1) is 0 Å². The van der Waals surface area contributed by atoms with Crippen molar-refractivity contribution < 1.29 is 14.3 Å². The number of ether oxygens (including phenoxy) is 2. The van der Waals surface area contributed by atoms with Crippen LogP contribution in [0.15, 0.2) is 30.6 Å². The fourth-order valence-corrected chi connectivity index (χ4v) is 3.36. The van der Waals surface area contributed by atoms with Gasteiger partial charge < -0.3 is 14.4 Å². The molecular formula is C18H22N4O3. The zero-order chi connectivity index (χ0) is 17.2. The van der Waals surface area contributed by atoms with E-state index in [1.165, 1.54) is 5.56 Å². The van der Waals surface area contributed by atoms with E-state index in [4.69, 9.17) is 9.47 Å². The number of hydrogen-bond donors (Lipinski definition) is 0. The van der Waals surface area contributed by atoms with E-state index in [0.717, 1.165) is 39.1 Å². The summed E-state index contributed by atoms with van der Waals surface area (Å²) < 4.78 is 12.5. The van der Waals surface area contributed by atoms with E-state index < -0.39 is 0 Å². The normalized spacial score (nSPS) is 17.6. The van der Waals surface area contributed by atoms with Crippen molar-refractivity contribution in [3.63, 3.8) is 0 Å². The Kier molecular flexibility index (Phi) is 4.31. The summed E-state index contributed by atoms with van der Waals surface area (Å²) in [6, 6.07) is 5.40. The first-order valence-corrected chi connectivity index (χ1v) is 8.58. The summed E-state index contributed by atoms with van der Waals surface area (Å²) in [7, 11) is 1.93. The molecule has 0 bridgehead atoms. The van der Waals surface area contributed by atoms with Gasteiger partial charge in [-0.25, -0.2) is 0 Å². The number of fused-ring (bicyclic) bond motifs is 1. The van der Waals surface area contributed by atoms with Crippen molar-refractivity contribution in [3.8, 4) is 11.5 Å². The van der Waals surface area contributed by atoms with Crippen molar-refractivity contribution in [1.29, 1.82) is 0 Å². The molecule has 2 aliphatic heterocycles. The summed E-state index contributed by atoms with van der Waals surface area (Å²) in [5, 5.41) is 4.22. The maximum Gasteiger partial charge on any atom is 0.254 e. The van der Waals surface area contributed by atoms with Gasteiger partial charge in [0.25, 0.3) is 5.91 Å². The Morgan fingerprint density at radius 1 is 1.16 bits per heavy atom. The maximum absolute atomic E-state index is 12.8. The Morgan fingerprint density at radius 3 is 2.88 bits per heavy atom. The molecule has 1 saturated heterocycles. The molecule has 132 valence electrons. The van der Waals surface area contributed by atoms with Gasteiger partial charge in [-0.3, -0.25) is 14.4 Å². The highest BCUT2D eigenvalue weighted by Gasteiger charge is 2.23. The Balaban J connectivity index is 1.39. The molecule has 1 amide bonds. The second kappa shape index (κ2) is 6.76. The lowest BCUT2D eigenvalue weighted by Gasteiger charge is -2.22. The molecule has 25 heavy (non-hydrogen) atoms. The number of rotatable bonds is 3. The molecule has 1 fully saturated rings. The van der Waals surface area contributed by atoms with Gasteiger partial charge in [-0.05, 0) is 24.6 Å². The minimum absolute atomic E-state index is 0.0570. The molecule has 0 aliphatic carbocycles. The van der Waals surface area contributed by atoms with Crippen molar-refractivity contribution >= 4 is 5.91 Å². The van der Waals surface area contributed by atoms with Crippen LogP contribution in [0.2, 0.25) is 0 Å². The molecule has 0 saturated carbocycles. The molecule has 1 aromatic heterocycles. The van der Waals surface area contributed by atoms with Gasteiger partial charge in [-0.15, -0.1) is 0 Å². The van der Waals surface area contributed by atoms with E-state index in [1.807, 2.05) is 41.2 Å². The van der Waals surface area contributed by atoms with Gasteiger partial charge in [0.1, 0.15) is 0 Å². The van der Waals surface area contributed by atoms with Gasteiger partial charge in [-0.1, -0.05) is 0 Å². The first kappa shape index (κ1) is 16.0. The van der Waals surface area contributed by atoms with Crippen LogP contribution >= 0.6 is 0 Å². The molecule has 2 aromatic rings. The molecule has 4 rings (SSSR count). The number of aryl methyl sites for hydroxylation is 1. The summed E-state index contributed by atoms with van der Waals surface area (Å²) in [4.78, 5) is 17.1. The van der Waals surface area contributed by atoms with Gasteiger partial charge in [-0.2, -0.15) is 5.10 Å². The van der Waals surface area contributed by atoms with Crippen LogP contribution in [0.5, 0.6) is 11.5 Å². The van der Waals surface area contributed by atoms with Gasteiger partial charge in [0, 0.05) is 57.1 Å². The van der Waals surface area contributed by atoms with Crippen LogP contribution in [0.25, 0.3) is 0 Å². The second-order valence-electron chi connectivity index (χ2n) is 6.51. The van der Waals surface area contributed by atoms with Crippen LogP contribution in [-0.4, -0.2) is 58.5 Å². The molecule has 0 N–H and O–H groups in total. The summed E-state index contributed by atoms with van der Waals surface area (Å²) in [6.07, 6.45) is 4.91. The predicted molar refractivity (Wildman–Crippen MR) is 91.6 cm³/mol. The molecule has 0 spiro atoms. The first-order valence-electron chi connectivity index (χ1n) is 8.58. The standard InChI is InChI=1S/C18H22N4O3/c1-20-11-14(10-19-20)12-21-5-2-6-22(8-7-21)18(23)15-3-4-16-17(9-15)25-13-24-16/h3-4,9-11H,2,5-8,12-13H2,1H3. The van der Waals surface area contributed by atoms with Crippen LogP contribution in [0.4, 0.5) is 0 Å². The minimum atomic E-state index is 0.0570. The van der Waals surface area contributed by atoms with E-state index in [9.17, 15) is 4.79 Å². The van der Waals surface area contributed by atoms with Crippen molar-refractivity contribution in [2.24, 2.45) is 7.05 Å². The lowest BCUT2D eigenvalue weighted by Crippen LogP contribution is -2.35. The first-order chi connectivity index (χ1) is 12.2. The fraction of sp³-hybridized carbons (Fsp3) is 0.444. The number of hydrogen-bond acceptors (Lipinski definition) is 5. The molecule has 0 radical (unpaired) electrons. The number of benzene rings is 1. The molecular weight excluding hydrogens is 320 g/mol. The predicted octanol–water partition coefficient (Wildman–Crippen LogP) is 1.50. The van der Waals surface area contributed by atoms with Gasteiger partial charge in [0.05, 0.1) is 6.20 Å². The van der Waals surface area contributed by atoms with Crippen molar-refractivity contribution in [2.75, 3.05) is 33.0 Å². The summed E-state index contributed by atoms with van der Waals surface area (Å²) in [5.41, 5.74) is 1.86. The topological polar surface area (TPSA) is 59.8 Å². The smallest absolute Gasteiger partial charge is 0.254 e. The zero-order valence-electron chi connectivity index (χ0n) is 14.4. The highest BCUT2D eigenvalue weighted by atomic mass is 16.7. The highest BCUT2D eigenvalue weighted by molar-refractivity contribution is 5.95. The van der Waals surface area contributed by atoms with E-state index in [-0.39, 0.29) is 12.7 Å². The number of carbonyl (C=O) groups is 1. The third-order valence-corrected chi connectivity index (χ3v) is 4.66. The average molecular weight is 342 g/mol. The van der Waals surface area contributed by atoms with Crippen molar-refractivity contribution in [2.45, 2.75) is 13.0 Å². The third-order valence-electron chi connectivity index (χ3n) is 4.66. The summed E-state index contributed by atoms with van der Waals surface area (Å²) in [6.45, 7) is 4.45. The highest BCUT2D eigenvalue weighted by Crippen LogP contribution is 2.32. The molecule has 0 unspecified atom stereocenters. The Bertz CT molecular complexity index is 773. The lowest BCUT2D eigenvalue weighted by atomic mass is 10.1. The Hall–Kier alpha value is -2.54. The number of aromatic nitrogens is 2. The van der Waals surface area contributed by atoms with Gasteiger partial charge >= 0.3 is 0 Å². The van der Waals surface area contributed by atoms with Crippen LogP contribution < -0.4 is 9.47 Å². The van der Waals surface area contributed by atoms with Gasteiger partial charge in [0.15, 0.2) is 11.5 Å². The van der Waals surface area contributed by atoms with Gasteiger partial charge in [0.2, 0.25) is 6.79 Å². The lowest BCUT2D eigenvalue weighted by molar-refractivity contribution is 0.0760. The number of nitrogens with zero attached hydrogens (tertiary/aromatic N) is 4. The Labute approximate surface area is 146 Å². The largest absolute Gasteiger partial charge is 0.454 e. The van der Waals surface area contributed by atoms with E-state index >= 15 is 0 Å². The average Bonchev–Trinajstić information content (AvgIpc) is 3.17. The fourth-order valence-electron chi connectivity index (χ4n) is 3.36. The second-order valence-corrected chi connectivity index (χ2v) is 6.51. The SMILES string of the molecule is Cn1cc(CN2CCCN(C(=O)c3ccc4c(c3)OCO4)CC2)cn1. The van der Waals surface area contributed by atoms with Crippen molar-refractivity contribution in [3.05, 3.63) is 41.7 Å². The van der Waals surface area contributed by atoms with E-state index in [2.05, 4.69) is 10.00 Å². The monoisotopic (exact) mass is 342 g/mol. The van der Waals surface area contributed by atoms with E-state index in [0.29, 0.717) is 17.1 Å². The summed E-state index contributed by atoms with van der Waals surface area (Å²) in [5.74, 6) is 1.41. The molecule has 7 heteroatoms. The summed E-state index contributed by atoms with van der Waals surface area (Å²) >= 11 is 0. The van der Waals surface area contributed by atoms with Crippen LogP contribution in [0.1, 0.15) is 22.3 Å². The number of amides is 1. The third kappa shape index (κ3) is 3.46. The minimum Gasteiger partial charge on any atom is -0.454 e. The molecule has 0 atom stereocenters.